The van der Waals surface area contributed by atoms with Crippen LogP contribution >= 0.6 is 11.8 Å². The number of hydrogen-bond acceptors (Lipinski definition) is 25. The first kappa shape index (κ1) is 112. The third-order valence-corrected chi connectivity index (χ3v) is 20.6. The molecule has 2 aromatic carbocycles. The fourth-order valence-electron chi connectivity index (χ4n) is 12.7. The van der Waals surface area contributed by atoms with Crippen LogP contribution in [0.5, 0.6) is 5.75 Å². The first-order valence-electron chi connectivity index (χ1n) is 42.1. The summed E-state index contributed by atoms with van der Waals surface area (Å²) in [6.45, 7) is 11.2. The van der Waals surface area contributed by atoms with Gasteiger partial charge in [-0.15, -0.1) is 0 Å². The summed E-state index contributed by atoms with van der Waals surface area (Å²) in [5.41, 5.74) is 29.5. The van der Waals surface area contributed by atoms with Crippen molar-refractivity contribution in [3.8, 4) is 5.75 Å². The fraction of sp³-hybridized carbons (Fsp3) is 0.610. The van der Waals surface area contributed by atoms with Gasteiger partial charge in [0.2, 0.25) is 94.5 Å². The van der Waals surface area contributed by atoms with Crippen molar-refractivity contribution in [2.75, 3.05) is 38.2 Å². The highest BCUT2D eigenvalue weighted by Gasteiger charge is 2.40. The Balaban J connectivity index is 2.54. The number of aliphatic hydroxyl groups excluding tert-OH is 1. The van der Waals surface area contributed by atoms with Crippen molar-refractivity contribution in [3.05, 3.63) is 65.7 Å². The minimum atomic E-state index is -1.93. The minimum Gasteiger partial charge on any atom is -0.508 e. The van der Waals surface area contributed by atoms with Gasteiger partial charge in [-0.2, -0.15) is 11.8 Å². The van der Waals surface area contributed by atoms with E-state index in [0.29, 0.717) is 16.9 Å². The number of phenolic OH excluding ortho intramolecular Hbond substituents is 1. The maximum absolute atomic E-state index is 14.7. The second-order valence-corrected chi connectivity index (χ2v) is 33.1. The molecule has 0 saturated carbocycles. The molecule has 0 saturated heterocycles. The third-order valence-electron chi connectivity index (χ3n) is 20.0. The molecule has 0 fully saturated rings. The molecule has 2 aromatic rings. The monoisotopic (exact) mass is 1830 g/mol. The zero-order valence-corrected chi connectivity index (χ0v) is 74.5. The quantitative estimate of drug-likeness (QED) is 0.0167. The molecule has 0 spiro atoms. The van der Waals surface area contributed by atoms with Crippen molar-refractivity contribution in [2.45, 2.75) is 256 Å². The number of carbonyl (C=O) groups is 19. The molecule has 15 atom stereocenters. The molecule has 0 aliphatic heterocycles. The van der Waals surface area contributed by atoms with Crippen LogP contribution in [0, 0.1) is 29.1 Å². The van der Waals surface area contributed by atoms with Gasteiger partial charge in [0.1, 0.15) is 84.3 Å². The van der Waals surface area contributed by atoms with Gasteiger partial charge in [-0.05, 0) is 143 Å². The lowest BCUT2D eigenvalue weighted by atomic mass is 9.97. The number of nitrogens with two attached hydrogens (primary N) is 5. The van der Waals surface area contributed by atoms with Crippen molar-refractivity contribution in [2.24, 2.45) is 52.3 Å². The van der Waals surface area contributed by atoms with E-state index in [1.54, 1.807) is 92.0 Å². The standard InChI is InChI=1S/C82H131N21O24S/c1-10-45(8)67(80(125)95-54(27-30-65(111)112)74(119)103-66(44(6)7)79(124)96-55(81(126)127)31-34-128-9)102-63(108)40-90-69(114)58(38-46-17-12-11-13-18-46)99-75(120)56(35-42(2)3)97-71(116)50(19-14-15-32-83)91-77(122)59(39-62(86)107)100-76(121)57(36-43(4)5)98-73(118)52(25-28-61(85)106)93-72(117)53(26-29-64(109)110)94-70(115)51(20-16-33-89-82(87)88)92-78(123)60(41-104)101-68(113)49(84)37-47-21-23-48(105)24-22-47/h11-13,17-18,21-24,42-45,49-60,66-67,104-105H,10,14-16,19-20,25-41,83-84H2,1-9H3,(H2,85,106)(H2,86,107)(H,90,114)(H,91,122)(H,92,123)(H,93,117)(H,94,115)(H,95,125)(H,96,124)(H,97,116)(H,98,118)(H,99,120)(H,100,121)(H,101,113)(H,102,108)(H,103,119)(H,109,110)(H,111,112)(H,126,127)(H4,87,88,89)/t45-,49-,50-,51-,52-,53-,54-,55-,56-,57-,58-,59-,60-,66-,67-/m0/s1. The Labute approximate surface area is 746 Å². The topological polar surface area (TPSA) is 760 Å². The van der Waals surface area contributed by atoms with Crippen LogP contribution in [0.2, 0.25) is 0 Å². The molecule has 0 radical (unpaired) electrons. The average molecular weight is 1830 g/mol. The Kier molecular flexibility index (Phi) is 51.4. The highest BCUT2D eigenvalue weighted by Crippen LogP contribution is 2.18. The van der Waals surface area contributed by atoms with Gasteiger partial charge in [-0.3, -0.25) is 91.7 Å². The first-order valence-corrected chi connectivity index (χ1v) is 43.5. The van der Waals surface area contributed by atoms with E-state index >= 15 is 0 Å². The summed E-state index contributed by atoms with van der Waals surface area (Å²) in [7, 11) is 0. The SMILES string of the molecule is CC[C@H](C)[C@H](NC(=O)CNC(=O)[C@H](Cc1ccccc1)NC(=O)[C@H](CC(C)C)NC(=O)[C@H](CCCCN)NC(=O)[C@H](CC(N)=O)NC(=O)[C@H](CC(C)C)NC(=O)[C@H](CCC(N)=O)NC(=O)[C@H](CCC(=O)O)NC(=O)[C@H](CCCNC(=N)N)NC(=O)[C@H](CO)NC(=O)[C@@H](N)Cc1ccc(O)cc1)C(=O)N[C@@H](CCC(=O)O)C(=O)N[C@H](C(=O)N[C@@H](CCSC)C(=O)O)C(C)C. The number of aliphatic hydroxyl groups is 1. The van der Waals surface area contributed by atoms with E-state index in [-0.39, 0.29) is 95.4 Å². The number of guanidine groups is 1. The third kappa shape index (κ3) is 43.7. The number of primary amides is 2. The number of thioether (sulfide) groups is 1. The van der Waals surface area contributed by atoms with Crippen LogP contribution in [0.3, 0.4) is 0 Å². The van der Waals surface area contributed by atoms with Crippen LogP contribution in [0.15, 0.2) is 54.6 Å². The Bertz CT molecular complexity index is 4070. The van der Waals surface area contributed by atoms with Crippen LogP contribution in [-0.2, 0) is 104 Å². The van der Waals surface area contributed by atoms with E-state index in [1.807, 2.05) is 0 Å². The number of unbranched alkanes of at least 4 members (excludes halogenated alkanes) is 1. The Hall–Kier alpha value is -12.3. The van der Waals surface area contributed by atoms with Crippen LogP contribution in [0.1, 0.15) is 169 Å². The lowest BCUT2D eigenvalue weighted by molar-refractivity contribution is -0.142. The molecule has 0 heterocycles. The summed E-state index contributed by atoms with van der Waals surface area (Å²) in [6, 6.07) is -8.32. The lowest BCUT2D eigenvalue weighted by Gasteiger charge is -2.29. The predicted molar refractivity (Wildman–Crippen MR) is 467 cm³/mol. The molecule has 128 heavy (non-hydrogen) atoms. The summed E-state index contributed by atoms with van der Waals surface area (Å²) in [5.74, 6) is -23.3. The second-order valence-electron chi connectivity index (χ2n) is 32.1. The number of hydrogen-bond donors (Lipinski definition) is 26. The molecular formula is C82H131N21O24S. The molecule has 31 N–H and O–H groups in total. The molecule has 0 aromatic heterocycles. The van der Waals surface area contributed by atoms with Gasteiger partial charge in [-0.25, -0.2) is 4.79 Å². The number of amides is 16. The smallest absolute Gasteiger partial charge is 0.326 e. The number of carboxylic acids is 3. The largest absolute Gasteiger partial charge is 0.508 e. The highest BCUT2D eigenvalue weighted by molar-refractivity contribution is 7.98. The maximum Gasteiger partial charge on any atom is 0.326 e. The average Bonchev–Trinajstić information content (AvgIpc) is 0.852. The van der Waals surface area contributed by atoms with Gasteiger partial charge in [0.25, 0.3) is 0 Å². The number of benzene rings is 2. The molecule has 46 heteroatoms. The zero-order valence-electron chi connectivity index (χ0n) is 73.6. The van der Waals surface area contributed by atoms with Gasteiger partial charge >= 0.3 is 17.9 Å². The fourth-order valence-corrected chi connectivity index (χ4v) is 13.2. The highest BCUT2D eigenvalue weighted by atomic mass is 32.2. The van der Waals surface area contributed by atoms with Crippen molar-refractivity contribution in [1.82, 2.24) is 79.8 Å². The summed E-state index contributed by atoms with van der Waals surface area (Å²) in [4.78, 5) is 260. The van der Waals surface area contributed by atoms with Gasteiger partial charge in [0.15, 0.2) is 5.96 Å². The number of aliphatic carboxylic acids is 3. The summed E-state index contributed by atoms with van der Waals surface area (Å²) in [5, 5.41) is 93.6. The number of nitrogens with one attached hydrogen (secondary N) is 16. The molecule has 714 valence electrons. The molecular weight excluding hydrogens is 1700 g/mol. The summed E-state index contributed by atoms with van der Waals surface area (Å²) in [6.07, 6.45) is -3.48. The normalized spacial score (nSPS) is 14.6. The van der Waals surface area contributed by atoms with Crippen LogP contribution in [-0.4, -0.2) is 267 Å². The van der Waals surface area contributed by atoms with E-state index in [0.717, 1.165) is 0 Å². The predicted octanol–water partition coefficient (Wildman–Crippen LogP) is -5.19. The molecule has 0 unspecified atom stereocenters. The van der Waals surface area contributed by atoms with E-state index in [4.69, 9.17) is 34.1 Å². The van der Waals surface area contributed by atoms with E-state index < -0.39 is 279 Å². The Morgan fingerprint density at radius 1 is 0.422 bits per heavy atom. The van der Waals surface area contributed by atoms with Crippen LogP contribution in [0.4, 0.5) is 0 Å². The van der Waals surface area contributed by atoms with Crippen LogP contribution < -0.4 is 108 Å². The van der Waals surface area contributed by atoms with Crippen molar-refractivity contribution in [1.29, 1.82) is 5.41 Å². The lowest BCUT2D eigenvalue weighted by Crippen LogP contribution is -2.61. The Morgan fingerprint density at radius 3 is 1.28 bits per heavy atom. The van der Waals surface area contributed by atoms with E-state index in [1.165, 1.54) is 36.0 Å². The van der Waals surface area contributed by atoms with Crippen molar-refractivity contribution >= 4 is 130 Å². The van der Waals surface area contributed by atoms with Gasteiger partial charge < -0.3 is 134 Å². The number of carbonyl (C=O) groups excluding carboxylic acids is 16. The second kappa shape index (κ2) is 58.9. The summed E-state index contributed by atoms with van der Waals surface area (Å²) < 4.78 is 0. The molecule has 16 amide bonds. The molecule has 0 bridgehead atoms. The first-order chi connectivity index (χ1) is 60.2. The Morgan fingerprint density at radius 2 is 0.836 bits per heavy atom. The molecule has 2 rings (SSSR count). The maximum atomic E-state index is 14.7. The van der Waals surface area contributed by atoms with Gasteiger partial charge in [0, 0.05) is 32.2 Å². The molecule has 0 aliphatic rings. The van der Waals surface area contributed by atoms with E-state index in [2.05, 4.69) is 79.8 Å². The van der Waals surface area contributed by atoms with E-state index in [9.17, 15) is 117 Å². The molecule has 0 aliphatic carbocycles. The minimum absolute atomic E-state index is 0.0254. The summed E-state index contributed by atoms with van der Waals surface area (Å²) >= 11 is 1.34. The van der Waals surface area contributed by atoms with Gasteiger partial charge in [0.05, 0.1) is 25.6 Å². The zero-order chi connectivity index (χ0) is 96.6. The molecule has 45 nitrogen and oxygen atoms in total. The van der Waals surface area contributed by atoms with Crippen molar-refractivity contribution in [3.63, 3.8) is 0 Å². The number of carboxylic acid groups (broad SMARTS) is 3. The number of rotatable bonds is 63. The van der Waals surface area contributed by atoms with Crippen LogP contribution in [0.25, 0.3) is 0 Å². The van der Waals surface area contributed by atoms with Crippen molar-refractivity contribution < 1.29 is 117 Å². The van der Waals surface area contributed by atoms with Gasteiger partial charge in [-0.1, -0.05) is 104 Å². The number of phenols is 1. The number of aromatic hydroxyl groups is 1.